The molecule has 2 aromatic carbocycles. The van der Waals surface area contributed by atoms with E-state index in [0.29, 0.717) is 19.6 Å². The number of nitrogens with one attached hydrogen (secondary N) is 1. The third-order valence-electron chi connectivity index (χ3n) is 3.83. The largest absolute Gasteiger partial charge is 0.375 e. The number of nitro benzene ring substituents is 1. The summed E-state index contributed by atoms with van der Waals surface area (Å²) in [6.07, 6.45) is 0. The van der Waals surface area contributed by atoms with Gasteiger partial charge in [-0.05, 0) is 17.7 Å². The van der Waals surface area contributed by atoms with Crippen molar-refractivity contribution in [3.63, 3.8) is 0 Å². The standard InChI is InChI=1S/C17H21N3O4S/c1-3-19(4-2)25(23,24)15-10-11-16(17(12-15)20(21)22)18-13-14-8-6-5-7-9-14/h5-12,18H,3-4,13H2,1-2H3. The Bertz CT molecular complexity index is 834. The van der Waals surface area contributed by atoms with Crippen LogP contribution in [0.1, 0.15) is 19.4 Å². The molecule has 0 bridgehead atoms. The van der Waals surface area contributed by atoms with E-state index in [1.54, 1.807) is 13.8 Å². The van der Waals surface area contributed by atoms with Crippen molar-refractivity contribution in [2.75, 3.05) is 18.4 Å². The summed E-state index contributed by atoms with van der Waals surface area (Å²) in [5, 5.41) is 14.4. The zero-order valence-corrected chi connectivity index (χ0v) is 15.0. The molecule has 8 heteroatoms. The van der Waals surface area contributed by atoms with Gasteiger partial charge in [0.15, 0.2) is 0 Å². The van der Waals surface area contributed by atoms with Crippen molar-refractivity contribution in [2.24, 2.45) is 0 Å². The summed E-state index contributed by atoms with van der Waals surface area (Å²) < 4.78 is 26.4. The van der Waals surface area contributed by atoms with Gasteiger partial charge in [0, 0.05) is 25.7 Å². The monoisotopic (exact) mass is 363 g/mol. The number of hydrogen-bond acceptors (Lipinski definition) is 5. The van der Waals surface area contributed by atoms with E-state index >= 15 is 0 Å². The fourth-order valence-corrected chi connectivity index (χ4v) is 3.96. The molecule has 0 fully saturated rings. The second-order valence-electron chi connectivity index (χ2n) is 5.36. The van der Waals surface area contributed by atoms with Gasteiger partial charge in [0.25, 0.3) is 5.69 Å². The lowest BCUT2D eigenvalue weighted by atomic mass is 10.2. The van der Waals surface area contributed by atoms with E-state index in [4.69, 9.17) is 0 Å². The number of hydrogen-bond donors (Lipinski definition) is 1. The van der Waals surface area contributed by atoms with Gasteiger partial charge in [0.05, 0.1) is 9.82 Å². The zero-order chi connectivity index (χ0) is 18.4. The molecule has 0 heterocycles. The van der Waals surface area contributed by atoms with E-state index in [2.05, 4.69) is 5.32 Å². The van der Waals surface area contributed by atoms with Gasteiger partial charge in [-0.25, -0.2) is 8.42 Å². The Morgan fingerprint density at radius 3 is 2.28 bits per heavy atom. The van der Waals surface area contributed by atoms with Crippen LogP contribution in [-0.2, 0) is 16.6 Å². The van der Waals surface area contributed by atoms with Gasteiger partial charge < -0.3 is 5.32 Å². The molecule has 0 amide bonds. The van der Waals surface area contributed by atoms with Gasteiger partial charge in [-0.3, -0.25) is 10.1 Å². The van der Waals surface area contributed by atoms with Crippen LogP contribution in [0, 0.1) is 10.1 Å². The SMILES string of the molecule is CCN(CC)S(=O)(=O)c1ccc(NCc2ccccc2)c([N+](=O)[O-])c1. The van der Waals surface area contributed by atoms with Crippen molar-refractivity contribution < 1.29 is 13.3 Å². The molecule has 0 aromatic heterocycles. The summed E-state index contributed by atoms with van der Waals surface area (Å²) in [7, 11) is -3.74. The van der Waals surface area contributed by atoms with Crippen LogP contribution in [0.5, 0.6) is 0 Å². The first-order valence-electron chi connectivity index (χ1n) is 7.96. The minimum Gasteiger partial charge on any atom is -0.375 e. The fraction of sp³-hybridized carbons (Fsp3) is 0.294. The molecular weight excluding hydrogens is 342 g/mol. The summed E-state index contributed by atoms with van der Waals surface area (Å²) in [6.45, 7) is 4.47. The maximum atomic E-state index is 12.5. The first-order chi connectivity index (χ1) is 11.9. The number of nitro groups is 1. The van der Waals surface area contributed by atoms with E-state index in [1.807, 2.05) is 30.3 Å². The van der Waals surface area contributed by atoms with Gasteiger partial charge in [-0.15, -0.1) is 0 Å². The van der Waals surface area contributed by atoms with Crippen molar-refractivity contribution >= 4 is 21.4 Å². The van der Waals surface area contributed by atoms with Crippen molar-refractivity contribution in [3.8, 4) is 0 Å². The quantitative estimate of drug-likeness (QED) is 0.574. The highest BCUT2D eigenvalue weighted by molar-refractivity contribution is 7.89. The van der Waals surface area contributed by atoms with E-state index in [9.17, 15) is 18.5 Å². The predicted octanol–water partition coefficient (Wildman–Crippen LogP) is 3.24. The summed E-state index contributed by atoms with van der Waals surface area (Å²) in [4.78, 5) is 10.7. The Morgan fingerprint density at radius 1 is 1.08 bits per heavy atom. The van der Waals surface area contributed by atoms with Gasteiger partial charge in [-0.2, -0.15) is 4.31 Å². The fourth-order valence-electron chi connectivity index (χ4n) is 2.48. The molecule has 0 radical (unpaired) electrons. The summed E-state index contributed by atoms with van der Waals surface area (Å²) in [5.74, 6) is 0. The van der Waals surface area contributed by atoms with Crippen molar-refractivity contribution in [2.45, 2.75) is 25.3 Å². The zero-order valence-electron chi connectivity index (χ0n) is 14.2. The molecule has 0 saturated heterocycles. The Labute approximate surface area is 147 Å². The first kappa shape index (κ1) is 18.9. The maximum absolute atomic E-state index is 12.5. The first-order valence-corrected chi connectivity index (χ1v) is 9.40. The highest BCUT2D eigenvalue weighted by atomic mass is 32.2. The summed E-state index contributed by atoms with van der Waals surface area (Å²) in [6, 6.07) is 13.4. The number of anilines is 1. The topological polar surface area (TPSA) is 92.6 Å². The van der Waals surface area contributed by atoms with Gasteiger partial charge >= 0.3 is 0 Å². The minimum absolute atomic E-state index is 0.0758. The Hall–Kier alpha value is -2.45. The van der Waals surface area contributed by atoms with Crippen LogP contribution in [0.4, 0.5) is 11.4 Å². The molecule has 0 saturated carbocycles. The second-order valence-corrected chi connectivity index (χ2v) is 7.30. The lowest BCUT2D eigenvalue weighted by molar-refractivity contribution is -0.384. The van der Waals surface area contributed by atoms with Crippen LogP contribution in [0.3, 0.4) is 0 Å². The lowest BCUT2D eigenvalue weighted by Gasteiger charge is -2.18. The van der Waals surface area contributed by atoms with Crippen LogP contribution in [-0.4, -0.2) is 30.7 Å². The van der Waals surface area contributed by atoms with E-state index in [-0.39, 0.29) is 16.3 Å². The maximum Gasteiger partial charge on any atom is 0.293 e. The molecule has 0 aliphatic rings. The molecule has 0 unspecified atom stereocenters. The van der Waals surface area contributed by atoms with Crippen LogP contribution >= 0.6 is 0 Å². The highest BCUT2D eigenvalue weighted by Crippen LogP contribution is 2.29. The molecule has 0 atom stereocenters. The Morgan fingerprint density at radius 2 is 1.72 bits per heavy atom. The average molecular weight is 363 g/mol. The number of benzene rings is 2. The third kappa shape index (κ3) is 4.34. The predicted molar refractivity (Wildman–Crippen MR) is 97.0 cm³/mol. The van der Waals surface area contributed by atoms with Gasteiger partial charge in [-0.1, -0.05) is 44.2 Å². The molecule has 0 spiro atoms. The smallest absolute Gasteiger partial charge is 0.293 e. The second kappa shape index (κ2) is 8.09. The molecule has 25 heavy (non-hydrogen) atoms. The molecule has 1 N–H and O–H groups in total. The number of rotatable bonds is 8. The molecule has 134 valence electrons. The van der Waals surface area contributed by atoms with Crippen LogP contribution in [0.2, 0.25) is 0 Å². The average Bonchev–Trinajstić information content (AvgIpc) is 2.61. The minimum atomic E-state index is -3.74. The molecule has 2 aromatic rings. The van der Waals surface area contributed by atoms with Crippen molar-refractivity contribution in [1.82, 2.24) is 4.31 Å². The van der Waals surface area contributed by atoms with E-state index < -0.39 is 14.9 Å². The van der Waals surface area contributed by atoms with Gasteiger partial charge in [0.2, 0.25) is 10.0 Å². The number of sulfonamides is 1. The highest BCUT2D eigenvalue weighted by Gasteiger charge is 2.25. The molecular formula is C17H21N3O4S. The van der Waals surface area contributed by atoms with Crippen LogP contribution < -0.4 is 5.32 Å². The van der Waals surface area contributed by atoms with E-state index in [1.165, 1.54) is 16.4 Å². The lowest BCUT2D eigenvalue weighted by Crippen LogP contribution is -2.30. The van der Waals surface area contributed by atoms with E-state index in [0.717, 1.165) is 11.6 Å². The molecule has 0 aliphatic carbocycles. The van der Waals surface area contributed by atoms with Crippen molar-refractivity contribution in [3.05, 3.63) is 64.2 Å². The van der Waals surface area contributed by atoms with Gasteiger partial charge in [0.1, 0.15) is 5.69 Å². The summed E-state index contributed by atoms with van der Waals surface area (Å²) >= 11 is 0. The van der Waals surface area contributed by atoms with Crippen molar-refractivity contribution in [1.29, 1.82) is 0 Å². The van der Waals surface area contributed by atoms with Crippen LogP contribution in [0.15, 0.2) is 53.4 Å². The third-order valence-corrected chi connectivity index (χ3v) is 5.88. The normalized spacial score (nSPS) is 11.5. The molecule has 7 nitrogen and oxygen atoms in total. The molecule has 0 aliphatic heterocycles. The van der Waals surface area contributed by atoms with Crippen LogP contribution in [0.25, 0.3) is 0 Å². The Kier molecular flexibility index (Phi) is 6.11. The number of nitrogens with zero attached hydrogens (tertiary/aromatic N) is 2. The molecule has 2 rings (SSSR count). The Balaban J connectivity index is 2.33. The summed E-state index contributed by atoms with van der Waals surface area (Å²) in [5.41, 5.74) is 0.994.